The molecular weight excluding hydrogens is 321 g/mol. The topological polar surface area (TPSA) is 66.0 Å². The van der Waals surface area contributed by atoms with E-state index in [9.17, 15) is 23.1 Å². The van der Waals surface area contributed by atoms with Crippen LogP contribution in [0.3, 0.4) is 0 Å². The quantitative estimate of drug-likeness (QED) is 0.744. The molecule has 0 fully saturated rings. The largest absolute Gasteiger partial charge is 0.478 e. The van der Waals surface area contributed by atoms with Crippen molar-refractivity contribution in [3.05, 3.63) is 65.7 Å². The number of benzene rings is 2. The van der Waals surface area contributed by atoms with Gasteiger partial charge in [-0.2, -0.15) is 18.3 Å². The molecule has 0 aliphatic heterocycles. The minimum absolute atomic E-state index is 0.000761. The van der Waals surface area contributed by atoms with Gasteiger partial charge in [0, 0.05) is 11.1 Å². The first-order valence-electron chi connectivity index (χ1n) is 6.92. The van der Waals surface area contributed by atoms with E-state index in [0.717, 1.165) is 18.2 Å². The number of aromatic amines is 1. The number of alkyl halides is 3. The summed E-state index contributed by atoms with van der Waals surface area (Å²) in [5.41, 5.74) is -0.745. The van der Waals surface area contributed by atoms with Gasteiger partial charge < -0.3 is 5.11 Å². The third kappa shape index (κ3) is 2.88. The molecule has 0 atom stereocenters. The number of hydrogen-bond acceptors (Lipinski definition) is 2. The van der Waals surface area contributed by atoms with Gasteiger partial charge in [0.1, 0.15) is 0 Å². The van der Waals surface area contributed by atoms with Crippen molar-refractivity contribution >= 4 is 5.97 Å². The Hall–Kier alpha value is -3.09. The third-order valence-electron chi connectivity index (χ3n) is 3.52. The number of carboxylic acids is 1. The Bertz CT molecular complexity index is 886. The number of H-pyrrole nitrogens is 1. The second kappa shape index (κ2) is 5.84. The van der Waals surface area contributed by atoms with Gasteiger partial charge in [-0.3, -0.25) is 5.10 Å². The first-order chi connectivity index (χ1) is 11.4. The lowest BCUT2D eigenvalue weighted by molar-refractivity contribution is -0.137. The van der Waals surface area contributed by atoms with Crippen LogP contribution in [0.4, 0.5) is 13.2 Å². The predicted octanol–water partition coefficient (Wildman–Crippen LogP) is 4.46. The van der Waals surface area contributed by atoms with Crippen LogP contribution in [0.1, 0.15) is 15.9 Å². The molecule has 4 nitrogen and oxygen atoms in total. The van der Waals surface area contributed by atoms with E-state index in [2.05, 4.69) is 10.2 Å². The number of carbonyl (C=O) groups is 1. The Balaban J connectivity index is 2.19. The third-order valence-corrected chi connectivity index (χ3v) is 3.52. The fraction of sp³-hybridized carbons (Fsp3) is 0.0588. The molecule has 0 unspecified atom stereocenters. The van der Waals surface area contributed by atoms with Gasteiger partial charge in [0.25, 0.3) is 0 Å². The SMILES string of the molecule is O=C(O)c1cccc(C(F)(F)F)c1-c1cc(-c2ccccc2)n[nH]1. The molecule has 2 N–H and O–H groups in total. The standard InChI is InChI=1S/C17H11F3N2O2/c18-17(19,20)12-8-4-7-11(16(23)24)15(12)14-9-13(21-22-14)10-5-2-1-3-6-10/h1-9H,(H,21,22)(H,23,24). The summed E-state index contributed by atoms with van der Waals surface area (Å²) >= 11 is 0. The van der Waals surface area contributed by atoms with Gasteiger partial charge in [-0.25, -0.2) is 4.79 Å². The molecule has 0 aliphatic rings. The zero-order valence-corrected chi connectivity index (χ0v) is 12.1. The van der Waals surface area contributed by atoms with E-state index < -0.39 is 28.8 Å². The number of carboxylic acid groups (broad SMARTS) is 1. The highest BCUT2D eigenvalue weighted by atomic mass is 19.4. The van der Waals surface area contributed by atoms with Gasteiger partial charge in [-0.05, 0) is 18.2 Å². The summed E-state index contributed by atoms with van der Waals surface area (Å²) in [5, 5.41) is 15.8. The van der Waals surface area contributed by atoms with Crippen LogP contribution in [0, 0.1) is 0 Å². The van der Waals surface area contributed by atoms with E-state index in [4.69, 9.17) is 0 Å². The average molecular weight is 332 g/mol. The normalized spacial score (nSPS) is 11.5. The number of nitrogens with zero attached hydrogens (tertiary/aromatic N) is 1. The maximum Gasteiger partial charge on any atom is 0.417 e. The van der Waals surface area contributed by atoms with Crippen molar-refractivity contribution < 1.29 is 23.1 Å². The molecule has 1 aromatic heterocycles. The number of aromatic nitrogens is 2. The molecular formula is C17H11F3N2O2. The Kier molecular flexibility index (Phi) is 3.84. The second-order valence-corrected chi connectivity index (χ2v) is 5.06. The van der Waals surface area contributed by atoms with E-state index in [1.165, 1.54) is 6.07 Å². The highest BCUT2D eigenvalue weighted by molar-refractivity contribution is 5.97. The van der Waals surface area contributed by atoms with Crippen molar-refractivity contribution in [2.24, 2.45) is 0 Å². The van der Waals surface area contributed by atoms with Gasteiger partial charge in [-0.15, -0.1) is 0 Å². The summed E-state index contributed by atoms with van der Waals surface area (Å²) in [6.07, 6.45) is -4.68. The van der Waals surface area contributed by atoms with Crippen LogP contribution in [0.15, 0.2) is 54.6 Å². The highest BCUT2D eigenvalue weighted by Gasteiger charge is 2.36. The molecule has 122 valence electrons. The monoisotopic (exact) mass is 332 g/mol. The molecule has 3 aromatic rings. The van der Waals surface area contributed by atoms with Gasteiger partial charge in [0.05, 0.1) is 22.5 Å². The Morgan fingerprint density at radius 1 is 1.04 bits per heavy atom. The summed E-state index contributed by atoms with van der Waals surface area (Å²) in [6, 6.07) is 13.3. The summed E-state index contributed by atoms with van der Waals surface area (Å²) in [7, 11) is 0. The number of rotatable bonds is 3. The first kappa shape index (κ1) is 15.8. The molecule has 0 aliphatic carbocycles. The fourth-order valence-corrected chi connectivity index (χ4v) is 2.46. The Morgan fingerprint density at radius 2 is 1.75 bits per heavy atom. The van der Waals surface area contributed by atoms with Gasteiger partial charge in [-0.1, -0.05) is 36.4 Å². The van der Waals surface area contributed by atoms with E-state index in [1.54, 1.807) is 30.3 Å². The lowest BCUT2D eigenvalue weighted by Gasteiger charge is -2.13. The van der Waals surface area contributed by atoms with E-state index in [0.29, 0.717) is 11.3 Å². The summed E-state index contributed by atoms with van der Waals surface area (Å²) in [4.78, 5) is 11.3. The minimum Gasteiger partial charge on any atom is -0.478 e. The van der Waals surface area contributed by atoms with Gasteiger partial charge in [0.15, 0.2) is 0 Å². The number of aromatic carboxylic acids is 1. The smallest absolute Gasteiger partial charge is 0.417 e. The molecule has 7 heteroatoms. The van der Waals surface area contributed by atoms with Crippen LogP contribution in [-0.4, -0.2) is 21.3 Å². The van der Waals surface area contributed by atoms with Crippen LogP contribution < -0.4 is 0 Å². The minimum atomic E-state index is -4.68. The van der Waals surface area contributed by atoms with Crippen molar-refractivity contribution in [3.8, 4) is 22.5 Å². The number of halogens is 3. The van der Waals surface area contributed by atoms with Crippen LogP contribution in [0.2, 0.25) is 0 Å². The first-order valence-corrected chi connectivity index (χ1v) is 6.92. The molecule has 0 amide bonds. The van der Waals surface area contributed by atoms with E-state index in [-0.39, 0.29) is 5.69 Å². The summed E-state index contributed by atoms with van der Waals surface area (Å²) < 4.78 is 39.8. The zero-order chi connectivity index (χ0) is 17.3. The number of nitrogens with one attached hydrogen (secondary N) is 1. The zero-order valence-electron chi connectivity index (χ0n) is 12.1. The fourth-order valence-electron chi connectivity index (χ4n) is 2.46. The molecule has 3 rings (SSSR count). The lowest BCUT2D eigenvalue weighted by atomic mass is 9.97. The van der Waals surface area contributed by atoms with E-state index >= 15 is 0 Å². The van der Waals surface area contributed by atoms with Gasteiger partial charge >= 0.3 is 12.1 Å². The Labute approximate surface area is 134 Å². The lowest BCUT2D eigenvalue weighted by Crippen LogP contribution is -2.11. The van der Waals surface area contributed by atoms with Crippen LogP contribution in [0.5, 0.6) is 0 Å². The maximum atomic E-state index is 13.3. The molecule has 0 bridgehead atoms. The predicted molar refractivity (Wildman–Crippen MR) is 81.4 cm³/mol. The highest BCUT2D eigenvalue weighted by Crippen LogP contribution is 2.39. The van der Waals surface area contributed by atoms with E-state index in [1.807, 2.05) is 0 Å². The average Bonchev–Trinajstić information content (AvgIpc) is 3.04. The molecule has 0 radical (unpaired) electrons. The molecule has 24 heavy (non-hydrogen) atoms. The summed E-state index contributed by atoms with van der Waals surface area (Å²) in [5.74, 6) is -1.44. The van der Waals surface area contributed by atoms with Crippen molar-refractivity contribution in [1.82, 2.24) is 10.2 Å². The maximum absolute atomic E-state index is 13.3. The molecule has 0 saturated carbocycles. The van der Waals surface area contributed by atoms with Crippen LogP contribution in [-0.2, 0) is 6.18 Å². The molecule has 2 aromatic carbocycles. The van der Waals surface area contributed by atoms with Crippen molar-refractivity contribution in [2.75, 3.05) is 0 Å². The van der Waals surface area contributed by atoms with Crippen molar-refractivity contribution in [3.63, 3.8) is 0 Å². The van der Waals surface area contributed by atoms with Crippen LogP contribution in [0.25, 0.3) is 22.5 Å². The molecule has 0 saturated heterocycles. The van der Waals surface area contributed by atoms with Crippen molar-refractivity contribution in [2.45, 2.75) is 6.18 Å². The number of hydrogen-bond donors (Lipinski definition) is 2. The summed E-state index contributed by atoms with van der Waals surface area (Å²) in [6.45, 7) is 0. The second-order valence-electron chi connectivity index (χ2n) is 5.06. The van der Waals surface area contributed by atoms with Crippen LogP contribution >= 0.6 is 0 Å². The molecule has 0 spiro atoms. The van der Waals surface area contributed by atoms with Gasteiger partial charge in [0.2, 0.25) is 0 Å². The van der Waals surface area contributed by atoms with Crippen molar-refractivity contribution in [1.29, 1.82) is 0 Å². The molecule has 1 heterocycles. The Morgan fingerprint density at radius 3 is 2.38 bits per heavy atom.